The van der Waals surface area contributed by atoms with Gasteiger partial charge in [0.15, 0.2) is 0 Å². The molecule has 0 saturated carbocycles. The van der Waals surface area contributed by atoms with E-state index in [0.717, 1.165) is 49.0 Å². The number of rotatable bonds is 6. The Bertz CT molecular complexity index is 715. The van der Waals surface area contributed by atoms with Gasteiger partial charge in [-0.3, -0.25) is 4.79 Å². The van der Waals surface area contributed by atoms with Crippen molar-refractivity contribution in [3.05, 3.63) is 53.7 Å². The van der Waals surface area contributed by atoms with E-state index in [2.05, 4.69) is 15.2 Å². The molecule has 132 valence electrons. The zero-order valence-corrected chi connectivity index (χ0v) is 14.4. The predicted molar refractivity (Wildman–Crippen MR) is 95.8 cm³/mol. The van der Waals surface area contributed by atoms with Crippen LogP contribution in [0.1, 0.15) is 11.1 Å². The van der Waals surface area contributed by atoms with Crippen LogP contribution >= 0.6 is 0 Å². The molecule has 0 spiro atoms. The molecule has 1 fully saturated rings. The first-order valence-corrected chi connectivity index (χ1v) is 8.42. The zero-order valence-electron chi connectivity index (χ0n) is 14.4. The largest absolute Gasteiger partial charge is 0.496 e. The maximum atomic E-state index is 12.2. The van der Waals surface area contributed by atoms with E-state index in [1.165, 1.54) is 0 Å². The van der Waals surface area contributed by atoms with E-state index in [-0.39, 0.29) is 5.91 Å². The van der Waals surface area contributed by atoms with Crippen LogP contribution in [-0.4, -0.2) is 44.3 Å². The molecular weight excluding hydrogens is 318 g/mol. The van der Waals surface area contributed by atoms with Gasteiger partial charge >= 0.3 is 0 Å². The first-order chi connectivity index (χ1) is 12.3. The highest BCUT2D eigenvalue weighted by atomic mass is 16.5. The molecule has 6 heteroatoms. The molecule has 0 bridgehead atoms. The molecule has 2 heterocycles. The van der Waals surface area contributed by atoms with E-state index in [0.29, 0.717) is 13.0 Å². The lowest BCUT2D eigenvalue weighted by molar-refractivity contribution is -0.120. The number of morpholine rings is 1. The van der Waals surface area contributed by atoms with E-state index < -0.39 is 0 Å². The topological polar surface area (TPSA) is 63.7 Å². The van der Waals surface area contributed by atoms with Crippen molar-refractivity contribution in [1.82, 2.24) is 10.3 Å². The summed E-state index contributed by atoms with van der Waals surface area (Å²) in [5.41, 5.74) is 1.91. The van der Waals surface area contributed by atoms with Gasteiger partial charge in [0, 0.05) is 31.4 Å². The Balaban J connectivity index is 1.57. The molecule has 1 aliphatic rings. The van der Waals surface area contributed by atoms with Gasteiger partial charge < -0.3 is 19.7 Å². The smallest absolute Gasteiger partial charge is 0.224 e. The second-order valence-corrected chi connectivity index (χ2v) is 5.89. The molecular formula is C19H23N3O3. The van der Waals surface area contributed by atoms with E-state index in [4.69, 9.17) is 9.47 Å². The van der Waals surface area contributed by atoms with E-state index >= 15 is 0 Å². The van der Waals surface area contributed by atoms with Gasteiger partial charge in [-0.2, -0.15) is 0 Å². The predicted octanol–water partition coefficient (Wildman–Crippen LogP) is 1.79. The van der Waals surface area contributed by atoms with Crippen molar-refractivity contribution in [2.45, 2.75) is 13.0 Å². The third-order valence-corrected chi connectivity index (χ3v) is 4.18. The van der Waals surface area contributed by atoms with Crippen LogP contribution in [0.15, 0.2) is 42.6 Å². The van der Waals surface area contributed by atoms with Gasteiger partial charge in [0.1, 0.15) is 11.6 Å². The first-order valence-electron chi connectivity index (χ1n) is 8.42. The molecule has 0 aliphatic carbocycles. The summed E-state index contributed by atoms with van der Waals surface area (Å²) in [4.78, 5) is 18.9. The van der Waals surface area contributed by atoms with Gasteiger partial charge in [0.2, 0.25) is 5.91 Å². The number of hydrogen-bond acceptors (Lipinski definition) is 5. The lowest BCUT2D eigenvalue weighted by Crippen LogP contribution is -2.36. The van der Waals surface area contributed by atoms with Crippen LogP contribution < -0.4 is 15.0 Å². The number of benzene rings is 1. The first kappa shape index (κ1) is 17.2. The minimum Gasteiger partial charge on any atom is -0.496 e. The number of ether oxygens (including phenoxy) is 2. The molecule has 6 nitrogen and oxygen atoms in total. The third kappa shape index (κ3) is 4.70. The molecule has 1 aromatic carbocycles. The number of amides is 1. The van der Waals surface area contributed by atoms with E-state index in [1.54, 1.807) is 13.3 Å². The molecule has 2 aromatic rings. The molecule has 0 unspecified atom stereocenters. The molecule has 1 amide bonds. The number of nitrogens with one attached hydrogen (secondary N) is 1. The van der Waals surface area contributed by atoms with Crippen molar-refractivity contribution in [2.75, 3.05) is 38.3 Å². The van der Waals surface area contributed by atoms with E-state index in [9.17, 15) is 4.79 Å². The van der Waals surface area contributed by atoms with Crippen LogP contribution in [0.25, 0.3) is 0 Å². The number of pyridine rings is 1. The molecule has 1 saturated heterocycles. The average Bonchev–Trinajstić information content (AvgIpc) is 2.68. The summed E-state index contributed by atoms with van der Waals surface area (Å²) in [5, 5.41) is 2.96. The Labute approximate surface area is 147 Å². The second kappa shape index (κ2) is 8.48. The quantitative estimate of drug-likeness (QED) is 0.868. The van der Waals surface area contributed by atoms with Gasteiger partial charge in [-0.05, 0) is 23.8 Å². The number of nitrogens with zero attached hydrogens (tertiary/aromatic N) is 2. The van der Waals surface area contributed by atoms with Crippen molar-refractivity contribution < 1.29 is 14.3 Å². The standard InChI is InChI=1S/C19H23N3O3/c1-24-17-5-3-2-4-16(17)13-19(23)21-14-15-6-7-20-18(12-15)22-8-10-25-11-9-22/h2-7,12H,8-11,13-14H2,1H3,(H,21,23). The molecule has 3 rings (SSSR count). The Kier molecular flexibility index (Phi) is 5.85. The minimum atomic E-state index is -0.0331. The summed E-state index contributed by atoms with van der Waals surface area (Å²) >= 11 is 0. The summed E-state index contributed by atoms with van der Waals surface area (Å²) in [6.07, 6.45) is 2.08. The van der Waals surface area contributed by atoms with Crippen LogP contribution in [-0.2, 0) is 22.5 Å². The van der Waals surface area contributed by atoms with Gasteiger partial charge in [-0.25, -0.2) is 4.98 Å². The lowest BCUT2D eigenvalue weighted by atomic mass is 10.1. The Morgan fingerprint density at radius 1 is 1.28 bits per heavy atom. The van der Waals surface area contributed by atoms with Crippen molar-refractivity contribution in [1.29, 1.82) is 0 Å². The molecule has 0 atom stereocenters. The maximum Gasteiger partial charge on any atom is 0.224 e. The second-order valence-electron chi connectivity index (χ2n) is 5.89. The molecule has 1 aromatic heterocycles. The number of carbonyl (C=O) groups is 1. The fourth-order valence-corrected chi connectivity index (χ4v) is 2.82. The molecule has 1 N–H and O–H groups in total. The van der Waals surface area contributed by atoms with Crippen molar-refractivity contribution >= 4 is 11.7 Å². The fraction of sp³-hybridized carbons (Fsp3) is 0.368. The lowest BCUT2D eigenvalue weighted by Gasteiger charge is -2.28. The number of hydrogen-bond donors (Lipinski definition) is 1. The van der Waals surface area contributed by atoms with E-state index in [1.807, 2.05) is 36.4 Å². The Hall–Kier alpha value is -2.60. The number of anilines is 1. The highest BCUT2D eigenvalue weighted by Crippen LogP contribution is 2.18. The van der Waals surface area contributed by atoms with Crippen LogP contribution in [0.2, 0.25) is 0 Å². The normalized spacial score (nSPS) is 14.2. The van der Waals surface area contributed by atoms with Gasteiger partial charge in [0.05, 0.1) is 26.7 Å². The van der Waals surface area contributed by atoms with Gasteiger partial charge in [0.25, 0.3) is 0 Å². The zero-order chi connectivity index (χ0) is 17.5. The third-order valence-electron chi connectivity index (χ3n) is 4.18. The Morgan fingerprint density at radius 3 is 2.88 bits per heavy atom. The average molecular weight is 341 g/mol. The summed E-state index contributed by atoms with van der Waals surface area (Å²) in [7, 11) is 1.61. The minimum absolute atomic E-state index is 0.0331. The SMILES string of the molecule is COc1ccccc1CC(=O)NCc1ccnc(N2CCOCC2)c1. The fourth-order valence-electron chi connectivity index (χ4n) is 2.82. The van der Waals surface area contributed by atoms with Gasteiger partial charge in [-0.1, -0.05) is 18.2 Å². The molecule has 0 radical (unpaired) electrons. The van der Waals surface area contributed by atoms with Crippen molar-refractivity contribution in [3.8, 4) is 5.75 Å². The summed E-state index contributed by atoms with van der Waals surface area (Å²) in [6.45, 7) is 3.62. The number of carbonyl (C=O) groups excluding carboxylic acids is 1. The highest BCUT2D eigenvalue weighted by molar-refractivity contribution is 5.79. The van der Waals surface area contributed by atoms with Crippen molar-refractivity contribution in [2.24, 2.45) is 0 Å². The molecule has 25 heavy (non-hydrogen) atoms. The summed E-state index contributed by atoms with van der Waals surface area (Å²) in [6, 6.07) is 11.5. The van der Waals surface area contributed by atoms with Crippen LogP contribution in [0.5, 0.6) is 5.75 Å². The van der Waals surface area contributed by atoms with Crippen LogP contribution in [0.4, 0.5) is 5.82 Å². The highest BCUT2D eigenvalue weighted by Gasteiger charge is 2.13. The maximum absolute atomic E-state index is 12.2. The van der Waals surface area contributed by atoms with Crippen molar-refractivity contribution in [3.63, 3.8) is 0 Å². The van der Waals surface area contributed by atoms with Crippen LogP contribution in [0.3, 0.4) is 0 Å². The number of methoxy groups -OCH3 is 1. The number of aromatic nitrogens is 1. The molecule has 1 aliphatic heterocycles. The van der Waals surface area contributed by atoms with Gasteiger partial charge in [-0.15, -0.1) is 0 Å². The summed E-state index contributed by atoms with van der Waals surface area (Å²) in [5.74, 6) is 1.63. The summed E-state index contributed by atoms with van der Waals surface area (Å²) < 4.78 is 10.7. The van der Waals surface area contributed by atoms with Crippen LogP contribution in [0, 0.1) is 0 Å². The monoisotopic (exact) mass is 341 g/mol. The Morgan fingerprint density at radius 2 is 2.08 bits per heavy atom. The number of para-hydroxylation sites is 1.